The van der Waals surface area contributed by atoms with Gasteiger partial charge in [-0.2, -0.15) is 0 Å². The minimum Gasteiger partial charge on any atom is -0.390 e. The van der Waals surface area contributed by atoms with Gasteiger partial charge in [-0.1, -0.05) is 36.4 Å². The highest BCUT2D eigenvalue weighted by atomic mass is 16.3. The molecule has 132 valence electrons. The number of aliphatic hydroxyl groups is 1. The number of nitrogens with zero attached hydrogens (tertiary/aromatic N) is 2. The van der Waals surface area contributed by atoms with E-state index in [2.05, 4.69) is 15.6 Å². The van der Waals surface area contributed by atoms with Crippen LogP contribution in [0.2, 0.25) is 0 Å². The first-order valence-electron chi connectivity index (χ1n) is 8.58. The van der Waals surface area contributed by atoms with Gasteiger partial charge in [0.05, 0.1) is 18.5 Å². The van der Waals surface area contributed by atoms with Crippen molar-refractivity contribution in [2.24, 2.45) is 0 Å². The number of fused-ring (bicyclic) bond motifs is 1. The maximum absolute atomic E-state index is 12.2. The molecule has 1 aromatic heterocycles. The van der Waals surface area contributed by atoms with Crippen molar-refractivity contribution < 1.29 is 9.90 Å². The van der Waals surface area contributed by atoms with E-state index in [9.17, 15) is 9.90 Å². The van der Waals surface area contributed by atoms with E-state index < -0.39 is 6.10 Å². The molecule has 1 heterocycles. The molecule has 0 bridgehead atoms. The van der Waals surface area contributed by atoms with Gasteiger partial charge in [-0.25, -0.2) is 9.78 Å². The summed E-state index contributed by atoms with van der Waals surface area (Å²) in [6.07, 6.45) is 5.33. The molecule has 6 nitrogen and oxygen atoms in total. The van der Waals surface area contributed by atoms with Crippen molar-refractivity contribution >= 4 is 6.03 Å². The molecule has 0 saturated carbocycles. The quantitative estimate of drug-likeness (QED) is 0.677. The van der Waals surface area contributed by atoms with Gasteiger partial charge in [0.15, 0.2) is 0 Å². The number of carbonyl (C=O) groups is 1. The van der Waals surface area contributed by atoms with Crippen LogP contribution in [0.1, 0.15) is 22.7 Å². The number of carbonyl (C=O) groups excluding carboxylic acids is 1. The Hall–Kier alpha value is -3.12. The predicted molar refractivity (Wildman–Crippen MR) is 97.8 cm³/mol. The van der Waals surface area contributed by atoms with Gasteiger partial charge >= 0.3 is 6.03 Å². The SMILES string of the molecule is O=C(NCc1ccc(-n2ccnc2)cc1)N[C@@H]1c2ccccc2C[C@@H]1O. The highest BCUT2D eigenvalue weighted by Crippen LogP contribution is 2.31. The van der Waals surface area contributed by atoms with Gasteiger partial charge in [-0.3, -0.25) is 0 Å². The van der Waals surface area contributed by atoms with Gasteiger partial charge in [-0.15, -0.1) is 0 Å². The molecule has 1 aliphatic rings. The van der Waals surface area contributed by atoms with Crippen molar-refractivity contribution in [3.05, 3.63) is 83.9 Å². The Morgan fingerprint density at radius 1 is 1.19 bits per heavy atom. The van der Waals surface area contributed by atoms with Crippen molar-refractivity contribution in [3.8, 4) is 5.69 Å². The zero-order chi connectivity index (χ0) is 17.9. The standard InChI is InChI=1S/C20H20N4O2/c25-18-11-15-3-1-2-4-17(15)19(18)23-20(26)22-12-14-5-7-16(8-6-14)24-10-9-21-13-24/h1-10,13,18-19,25H,11-12H2,(H2,22,23,26)/t18-,19+/m0/s1. The highest BCUT2D eigenvalue weighted by molar-refractivity contribution is 5.74. The molecule has 0 saturated heterocycles. The topological polar surface area (TPSA) is 79.2 Å². The number of nitrogens with one attached hydrogen (secondary N) is 2. The molecule has 0 fully saturated rings. The third-order valence-corrected chi connectivity index (χ3v) is 4.68. The van der Waals surface area contributed by atoms with E-state index in [-0.39, 0.29) is 12.1 Å². The number of urea groups is 1. The van der Waals surface area contributed by atoms with Crippen LogP contribution in [0.4, 0.5) is 4.79 Å². The van der Waals surface area contributed by atoms with E-state index >= 15 is 0 Å². The number of hydrogen-bond donors (Lipinski definition) is 3. The smallest absolute Gasteiger partial charge is 0.315 e. The second-order valence-electron chi connectivity index (χ2n) is 6.41. The largest absolute Gasteiger partial charge is 0.390 e. The molecule has 3 aromatic rings. The van der Waals surface area contributed by atoms with E-state index in [1.165, 1.54) is 0 Å². The Morgan fingerprint density at radius 3 is 2.77 bits per heavy atom. The normalized spacial score (nSPS) is 18.3. The molecule has 0 aliphatic heterocycles. The third kappa shape index (κ3) is 3.32. The second-order valence-corrected chi connectivity index (χ2v) is 6.41. The molecule has 2 aromatic carbocycles. The van der Waals surface area contributed by atoms with Crippen molar-refractivity contribution in [3.63, 3.8) is 0 Å². The summed E-state index contributed by atoms with van der Waals surface area (Å²) < 4.78 is 1.92. The highest BCUT2D eigenvalue weighted by Gasteiger charge is 2.31. The summed E-state index contributed by atoms with van der Waals surface area (Å²) in [4.78, 5) is 16.3. The van der Waals surface area contributed by atoms with Crippen LogP contribution < -0.4 is 10.6 Å². The lowest BCUT2D eigenvalue weighted by molar-refractivity contribution is 0.142. The van der Waals surface area contributed by atoms with Crippen molar-refractivity contribution in [2.75, 3.05) is 0 Å². The number of aromatic nitrogens is 2. The predicted octanol–water partition coefficient (Wildman–Crippen LogP) is 2.33. The van der Waals surface area contributed by atoms with Crippen LogP contribution in [-0.4, -0.2) is 26.8 Å². The Morgan fingerprint density at radius 2 is 2.00 bits per heavy atom. The van der Waals surface area contributed by atoms with Crippen LogP contribution >= 0.6 is 0 Å². The van der Waals surface area contributed by atoms with E-state index in [4.69, 9.17) is 0 Å². The first kappa shape index (κ1) is 16.4. The fraction of sp³-hybridized carbons (Fsp3) is 0.200. The molecule has 4 rings (SSSR count). The first-order chi connectivity index (χ1) is 12.7. The lowest BCUT2D eigenvalue weighted by Gasteiger charge is -2.18. The number of aliphatic hydroxyl groups excluding tert-OH is 1. The lowest BCUT2D eigenvalue weighted by atomic mass is 10.1. The summed E-state index contributed by atoms with van der Waals surface area (Å²) in [6, 6.07) is 15.0. The summed E-state index contributed by atoms with van der Waals surface area (Å²) in [5.74, 6) is 0. The Labute approximate surface area is 151 Å². The summed E-state index contributed by atoms with van der Waals surface area (Å²) in [7, 11) is 0. The summed E-state index contributed by atoms with van der Waals surface area (Å²) in [5.41, 5.74) is 4.08. The molecule has 1 aliphatic carbocycles. The first-order valence-corrected chi connectivity index (χ1v) is 8.58. The molecular weight excluding hydrogens is 328 g/mol. The van der Waals surface area contributed by atoms with Gasteiger partial charge in [0, 0.05) is 31.0 Å². The zero-order valence-corrected chi connectivity index (χ0v) is 14.2. The molecule has 2 amide bonds. The number of hydrogen-bond acceptors (Lipinski definition) is 3. The van der Waals surface area contributed by atoms with Crippen LogP contribution in [-0.2, 0) is 13.0 Å². The average Bonchev–Trinajstić information content (AvgIpc) is 3.29. The van der Waals surface area contributed by atoms with Gasteiger partial charge in [-0.05, 0) is 28.8 Å². The fourth-order valence-corrected chi connectivity index (χ4v) is 3.32. The average molecular weight is 348 g/mol. The Kier molecular flexibility index (Phi) is 4.41. The van der Waals surface area contributed by atoms with Gasteiger partial charge < -0.3 is 20.3 Å². The minimum atomic E-state index is -0.590. The molecule has 0 unspecified atom stereocenters. The molecule has 6 heteroatoms. The molecule has 2 atom stereocenters. The third-order valence-electron chi connectivity index (χ3n) is 4.68. The summed E-state index contributed by atoms with van der Waals surface area (Å²) in [5, 5.41) is 15.9. The van der Waals surface area contributed by atoms with E-state index in [1.54, 1.807) is 12.5 Å². The number of imidazole rings is 1. The maximum atomic E-state index is 12.2. The molecule has 0 radical (unpaired) electrons. The minimum absolute atomic E-state index is 0.288. The van der Waals surface area contributed by atoms with Crippen molar-refractivity contribution in [2.45, 2.75) is 25.1 Å². The Balaban J connectivity index is 1.34. The second kappa shape index (κ2) is 7.01. The monoisotopic (exact) mass is 348 g/mol. The van der Waals surface area contributed by atoms with Crippen LogP contribution in [0.15, 0.2) is 67.3 Å². The fourth-order valence-electron chi connectivity index (χ4n) is 3.32. The van der Waals surface area contributed by atoms with Gasteiger partial charge in [0.1, 0.15) is 0 Å². The molecule has 26 heavy (non-hydrogen) atoms. The molecule has 0 spiro atoms. The van der Waals surface area contributed by atoms with Crippen LogP contribution in [0, 0.1) is 0 Å². The van der Waals surface area contributed by atoms with Crippen LogP contribution in [0.5, 0.6) is 0 Å². The molecule has 3 N–H and O–H groups in total. The van der Waals surface area contributed by atoms with Gasteiger partial charge in [0.2, 0.25) is 0 Å². The zero-order valence-electron chi connectivity index (χ0n) is 14.2. The number of amides is 2. The van der Waals surface area contributed by atoms with Crippen LogP contribution in [0.3, 0.4) is 0 Å². The van der Waals surface area contributed by atoms with Crippen molar-refractivity contribution in [1.82, 2.24) is 20.2 Å². The van der Waals surface area contributed by atoms with E-state index in [0.29, 0.717) is 13.0 Å². The van der Waals surface area contributed by atoms with Gasteiger partial charge in [0.25, 0.3) is 0 Å². The lowest BCUT2D eigenvalue weighted by Crippen LogP contribution is -2.40. The summed E-state index contributed by atoms with van der Waals surface area (Å²) in [6.45, 7) is 0.417. The summed E-state index contributed by atoms with van der Waals surface area (Å²) >= 11 is 0. The van der Waals surface area contributed by atoms with Crippen LogP contribution in [0.25, 0.3) is 5.69 Å². The molecular formula is C20H20N4O2. The van der Waals surface area contributed by atoms with E-state index in [0.717, 1.165) is 22.4 Å². The number of benzene rings is 2. The number of rotatable bonds is 4. The maximum Gasteiger partial charge on any atom is 0.315 e. The Bertz CT molecular complexity index is 890. The van der Waals surface area contributed by atoms with E-state index in [1.807, 2.05) is 59.3 Å². The van der Waals surface area contributed by atoms with Crippen molar-refractivity contribution in [1.29, 1.82) is 0 Å².